The van der Waals surface area contributed by atoms with Gasteiger partial charge in [-0.3, -0.25) is 9.69 Å². The normalized spacial score (nSPS) is 14.6. The molecule has 2 aromatic carbocycles. The van der Waals surface area contributed by atoms with Gasteiger partial charge in [-0.25, -0.2) is 0 Å². The molecule has 1 heterocycles. The third kappa shape index (κ3) is 6.08. The second kappa shape index (κ2) is 10.2. The summed E-state index contributed by atoms with van der Waals surface area (Å²) in [6, 6.07) is 14.4. The molecule has 0 saturated carbocycles. The fourth-order valence-corrected chi connectivity index (χ4v) is 3.38. The molecule has 0 unspecified atom stereocenters. The molecule has 0 aromatic heterocycles. The molecule has 1 aliphatic rings. The number of hydrogen-bond acceptors (Lipinski definition) is 4. The Labute approximate surface area is 167 Å². The van der Waals surface area contributed by atoms with Gasteiger partial charge in [-0.2, -0.15) is 0 Å². The maximum Gasteiger partial charge on any atom is 0.223 e. The highest BCUT2D eigenvalue weighted by atomic mass is 16.5. The topological polar surface area (TPSA) is 50.8 Å². The van der Waals surface area contributed by atoms with Gasteiger partial charge in [0.1, 0.15) is 5.75 Å². The number of rotatable bonds is 8. The van der Waals surface area contributed by atoms with Crippen LogP contribution in [0, 0.1) is 13.8 Å². The van der Waals surface area contributed by atoms with Crippen molar-refractivity contribution in [1.29, 1.82) is 0 Å². The molecule has 0 spiro atoms. The van der Waals surface area contributed by atoms with Gasteiger partial charge in [0.2, 0.25) is 5.91 Å². The van der Waals surface area contributed by atoms with Gasteiger partial charge in [0, 0.05) is 26.2 Å². The molecule has 1 amide bonds. The van der Waals surface area contributed by atoms with Crippen LogP contribution in [-0.4, -0.2) is 43.7 Å². The fraction of sp³-hybridized carbons (Fsp3) is 0.435. The maximum atomic E-state index is 12.2. The predicted octanol–water partition coefficient (Wildman–Crippen LogP) is 3.22. The maximum absolute atomic E-state index is 12.2. The van der Waals surface area contributed by atoms with Crippen LogP contribution in [-0.2, 0) is 22.6 Å². The molecule has 5 nitrogen and oxygen atoms in total. The van der Waals surface area contributed by atoms with Gasteiger partial charge in [0.05, 0.1) is 26.2 Å². The van der Waals surface area contributed by atoms with Gasteiger partial charge in [-0.15, -0.1) is 0 Å². The van der Waals surface area contributed by atoms with Crippen LogP contribution in [0.5, 0.6) is 5.75 Å². The van der Waals surface area contributed by atoms with Crippen molar-refractivity contribution in [3.8, 4) is 5.75 Å². The minimum absolute atomic E-state index is 0.00550. The van der Waals surface area contributed by atoms with Gasteiger partial charge < -0.3 is 14.8 Å². The first-order valence-electron chi connectivity index (χ1n) is 9.95. The van der Waals surface area contributed by atoms with E-state index in [0.717, 1.165) is 49.7 Å². The van der Waals surface area contributed by atoms with Crippen LogP contribution in [0.15, 0.2) is 42.5 Å². The van der Waals surface area contributed by atoms with E-state index in [1.165, 1.54) is 11.1 Å². The Morgan fingerprint density at radius 3 is 2.61 bits per heavy atom. The van der Waals surface area contributed by atoms with E-state index >= 15 is 0 Å². The summed E-state index contributed by atoms with van der Waals surface area (Å²) in [4.78, 5) is 14.6. The lowest BCUT2D eigenvalue weighted by Crippen LogP contribution is -2.36. The van der Waals surface area contributed by atoms with Crippen molar-refractivity contribution in [3.63, 3.8) is 0 Å². The predicted molar refractivity (Wildman–Crippen MR) is 110 cm³/mol. The number of benzene rings is 2. The Morgan fingerprint density at radius 1 is 1.11 bits per heavy atom. The highest BCUT2D eigenvalue weighted by Gasteiger charge is 2.13. The van der Waals surface area contributed by atoms with Gasteiger partial charge in [0.25, 0.3) is 0 Å². The average molecular weight is 383 g/mol. The molecule has 0 bridgehead atoms. The Hall–Kier alpha value is -2.37. The van der Waals surface area contributed by atoms with Crippen molar-refractivity contribution in [2.75, 3.05) is 32.9 Å². The standard InChI is InChI=1S/C23H30N2O3/c1-18-7-8-22(19(2)15-18)28-12-9-23(26)24-16-20-5-3-4-6-21(20)17-25-10-13-27-14-11-25/h3-8,15H,9-14,16-17H2,1-2H3,(H,24,26). The molecule has 1 aliphatic heterocycles. The number of aryl methyl sites for hydroxylation is 2. The summed E-state index contributed by atoms with van der Waals surface area (Å²) in [6.45, 7) is 9.39. The lowest BCUT2D eigenvalue weighted by molar-refractivity contribution is -0.121. The Morgan fingerprint density at radius 2 is 1.86 bits per heavy atom. The summed E-state index contributed by atoms with van der Waals surface area (Å²) >= 11 is 0. The largest absolute Gasteiger partial charge is 0.493 e. The molecule has 1 fully saturated rings. The first-order valence-corrected chi connectivity index (χ1v) is 9.95. The molecule has 0 atom stereocenters. The Kier molecular flexibility index (Phi) is 7.46. The zero-order valence-electron chi connectivity index (χ0n) is 16.9. The molecule has 0 aliphatic carbocycles. The van der Waals surface area contributed by atoms with Gasteiger partial charge in [0.15, 0.2) is 0 Å². The zero-order chi connectivity index (χ0) is 19.8. The highest BCUT2D eigenvalue weighted by Crippen LogP contribution is 2.18. The molecule has 1 saturated heterocycles. The van der Waals surface area contributed by atoms with Gasteiger partial charge >= 0.3 is 0 Å². The highest BCUT2D eigenvalue weighted by molar-refractivity contribution is 5.76. The van der Waals surface area contributed by atoms with E-state index in [-0.39, 0.29) is 5.91 Å². The summed E-state index contributed by atoms with van der Waals surface area (Å²) in [5.41, 5.74) is 4.73. The summed E-state index contributed by atoms with van der Waals surface area (Å²) in [5.74, 6) is 0.847. The van der Waals surface area contributed by atoms with E-state index in [1.54, 1.807) is 0 Å². The van der Waals surface area contributed by atoms with E-state index in [9.17, 15) is 4.79 Å². The molecular weight excluding hydrogens is 352 g/mol. The third-order valence-electron chi connectivity index (χ3n) is 5.01. The number of amides is 1. The second-order valence-corrected chi connectivity index (χ2v) is 7.30. The molecule has 1 N–H and O–H groups in total. The second-order valence-electron chi connectivity index (χ2n) is 7.30. The Balaban J connectivity index is 1.45. The number of morpholine rings is 1. The third-order valence-corrected chi connectivity index (χ3v) is 5.01. The van der Waals surface area contributed by atoms with Gasteiger partial charge in [-0.05, 0) is 36.6 Å². The fourth-order valence-electron chi connectivity index (χ4n) is 3.38. The number of nitrogens with one attached hydrogen (secondary N) is 1. The molecule has 0 radical (unpaired) electrons. The quantitative estimate of drug-likeness (QED) is 0.762. The number of nitrogens with zero attached hydrogens (tertiary/aromatic N) is 1. The minimum atomic E-state index is 0.00550. The smallest absolute Gasteiger partial charge is 0.223 e. The van der Waals surface area contributed by atoms with E-state index < -0.39 is 0 Å². The summed E-state index contributed by atoms with van der Waals surface area (Å²) in [7, 11) is 0. The molecule has 3 rings (SSSR count). The van der Waals surface area contributed by atoms with Gasteiger partial charge in [-0.1, -0.05) is 42.0 Å². The summed E-state index contributed by atoms with van der Waals surface area (Å²) in [6.07, 6.45) is 0.346. The van der Waals surface area contributed by atoms with Crippen molar-refractivity contribution in [2.24, 2.45) is 0 Å². The lowest BCUT2D eigenvalue weighted by Gasteiger charge is -2.27. The Bertz CT molecular complexity index is 785. The van der Waals surface area contributed by atoms with Crippen LogP contribution >= 0.6 is 0 Å². The lowest BCUT2D eigenvalue weighted by atomic mass is 10.1. The molecule has 5 heteroatoms. The van der Waals surface area contributed by atoms with Crippen molar-refractivity contribution in [1.82, 2.24) is 10.2 Å². The van der Waals surface area contributed by atoms with Crippen LogP contribution in [0.4, 0.5) is 0 Å². The zero-order valence-corrected chi connectivity index (χ0v) is 16.9. The van der Waals surface area contributed by atoms with E-state index in [1.807, 2.05) is 25.1 Å². The van der Waals surface area contributed by atoms with Crippen molar-refractivity contribution in [3.05, 3.63) is 64.7 Å². The summed E-state index contributed by atoms with van der Waals surface area (Å²) < 4.78 is 11.2. The van der Waals surface area contributed by atoms with Crippen LogP contribution in [0.25, 0.3) is 0 Å². The SMILES string of the molecule is Cc1ccc(OCCC(=O)NCc2ccccc2CN2CCOCC2)c(C)c1. The van der Waals surface area contributed by atoms with E-state index in [2.05, 4.69) is 41.4 Å². The van der Waals surface area contributed by atoms with Crippen LogP contribution in [0.3, 0.4) is 0 Å². The van der Waals surface area contributed by atoms with Crippen LogP contribution in [0.2, 0.25) is 0 Å². The first kappa shape index (κ1) is 20.4. The van der Waals surface area contributed by atoms with Crippen molar-refractivity contribution < 1.29 is 14.3 Å². The summed E-state index contributed by atoms with van der Waals surface area (Å²) in [5, 5.41) is 3.02. The number of hydrogen-bond donors (Lipinski definition) is 1. The number of carbonyl (C=O) groups is 1. The number of carbonyl (C=O) groups excluding carboxylic acids is 1. The van der Waals surface area contributed by atoms with E-state index in [4.69, 9.17) is 9.47 Å². The first-order chi connectivity index (χ1) is 13.6. The van der Waals surface area contributed by atoms with Crippen LogP contribution in [0.1, 0.15) is 28.7 Å². The number of ether oxygens (including phenoxy) is 2. The van der Waals surface area contributed by atoms with E-state index in [0.29, 0.717) is 19.6 Å². The average Bonchev–Trinajstić information content (AvgIpc) is 2.70. The van der Waals surface area contributed by atoms with Crippen LogP contribution < -0.4 is 10.1 Å². The van der Waals surface area contributed by atoms with Crippen molar-refractivity contribution in [2.45, 2.75) is 33.4 Å². The molecule has 2 aromatic rings. The van der Waals surface area contributed by atoms with Crippen molar-refractivity contribution >= 4 is 5.91 Å². The minimum Gasteiger partial charge on any atom is -0.493 e. The molecule has 150 valence electrons. The molecule has 28 heavy (non-hydrogen) atoms. The monoisotopic (exact) mass is 382 g/mol. The molecular formula is C23H30N2O3.